The number of rotatable bonds is 4. The Kier molecular flexibility index (Phi) is 3.60. The van der Waals surface area contributed by atoms with E-state index in [0.717, 1.165) is 35.7 Å². The van der Waals surface area contributed by atoms with Gasteiger partial charge in [-0.3, -0.25) is 0 Å². The summed E-state index contributed by atoms with van der Waals surface area (Å²) in [5.74, 6) is 0.790. The van der Waals surface area contributed by atoms with Crippen LogP contribution >= 0.6 is 0 Å². The molecule has 0 aromatic heterocycles. The fourth-order valence-electron chi connectivity index (χ4n) is 1.99. The number of hydrogen-bond acceptors (Lipinski definition) is 3. The van der Waals surface area contributed by atoms with Crippen molar-refractivity contribution in [1.82, 2.24) is 10.2 Å². The molecule has 1 aliphatic heterocycles. The second kappa shape index (κ2) is 5.16. The van der Waals surface area contributed by atoms with Gasteiger partial charge in [-0.1, -0.05) is 6.07 Å². The number of urea groups is 1. The lowest BCUT2D eigenvalue weighted by molar-refractivity contribution is 0.202. The lowest BCUT2D eigenvalue weighted by Crippen LogP contribution is -2.31. The van der Waals surface area contributed by atoms with E-state index < -0.39 is 0 Å². The van der Waals surface area contributed by atoms with Gasteiger partial charge in [0.1, 0.15) is 12.4 Å². The quantitative estimate of drug-likeness (QED) is 0.790. The Balaban J connectivity index is 1.90. The number of nitrogens with two attached hydrogens (primary N) is 1. The normalized spacial score (nSPS) is 14.8. The van der Waals surface area contributed by atoms with Crippen molar-refractivity contribution in [3.63, 3.8) is 0 Å². The Morgan fingerprint density at radius 3 is 2.83 bits per heavy atom. The molecule has 1 heterocycles. The second-order valence-corrected chi connectivity index (χ2v) is 4.54. The van der Waals surface area contributed by atoms with Gasteiger partial charge in [-0.15, -0.1) is 0 Å². The van der Waals surface area contributed by atoms with E-state index in [-0.39, 0.29) is 6.03 Å². The molecule has 2 rings (SSSR count). The summed E-state index contributed by atoms with van der Waals surface area (Å²) in [6, 6.07) is 3.83. The number of carbonyl (C=O) groups is 1. The van der Waals surface area contributed by atoms with Gasteiger partial charge >= 0.3 is 6.03 Å². The summed E-state index contributed by atoms with van der Waals surface area (Å²) in [6.07, 6.45) is 0. The van der Waals surface area contributed by atoms with Gasteiger partial charge in [-0.2, -0.15) is 0 Å². The standard InChI is InChI=1S/C13H19N3O2/c1-9-7-10(2)12(8-11(9)14)18-6-5-16-4-3-15-13(16)17/h7-8H,3-6,14H2,1-2H3,(H,15,17). The van der Waals surface area contributed by atoms with Crippen LogP contribution < -0.4 is 15.8 Å². The van der Waals surface area contributed by atoms with Crippen LogP contribution in [0.4, 0.5) is 10.5 Å². The summed E-state index contributed by atoms with van der Waals surface area (Å²) < 4.78 is 5.68. The molecule has 0 atom stereocenters. The predicted octanol–water partition coefficient (Wildman–Crippen LogP) is 1.29. The lowest BCUT2D eigenvalue weighted by atomic mass is 10.1. The summed E-state index contributed by atoms with van der Waals surface area (Å²) in [4.78, 5) is 13.1. The third-order valence-corrected chi connectivity index (χ3v) is 3.13. The predicted molar refractivity (Wildman–Crippen MR) is 70.8 cm³/mol. The van der Waals surface area contributed by atoms with Crippen molar-refractivity contribution in [2.75, 3.05) is 32.0 Å². The molecule has 0 bridgehead atoms. The van der Waals surface area contributed by atoms with E-state index in [0.29, 0.717) is 13.2 Å². The zero-order chi connectivity index (χ0) is 13.1. The smallest absolute Gasteiger partial charge is 0.317 e. The maximum Gasteiger partial charge on any atom is 0.317 e. The minimum absolute atomic E-state index is 0.0151. The van der Waals surface area contributed by atoms with Gasteiger partial charge in [0.05, 0.1) is 6.54 Å². The van der Waals surface area contributed by atoms with Crippen LogP contribution in [0.2, 0.25) is 0 Å². The van der Waals surface area contributed by atoms with Crippen molar-refractivity contribution >= 4 is 11.7 Å². The highest BCUT2D eigenvalue weighted by Gasteiger charge is 2.18. The first kappa shape index (κ1) is 12.5. The first-order valence-corrected chi connectivity index (χ1v) is 6.10. The van der Waals surface area contributed by atoms with Gasteiger partial charge in [0.25, 0.3) is 0 Å². The largest absolute Gasteiger partial charge is 0.491 e. The second-order valence-electron chi connectivity index (χ2n) is 4.54. The van der Waals surface area contributed by atoms with Gasteiger partial charge in [-0.05, 0) is 25.0 Å². The molecule has 5 nitrogen and oxygen atoms in total. The van der Waals surface area contributed by atoms with Crippen LogP contribution in [0, 0.1) is 13.8 Å². The molecule has 5 heteroatoms. The average molecular weight is 249 g/mol. The Hall–Kier alpha value is -1.91. The average Bonchev–Trinajstić information content (AvgIpc) is 2.72. The van der Waals surface area contributed by atoms with Gasteiger partial charge < -0.3 is 20.7 Å². The van der Waals surface area contributed by atoms with E-state index in [1.807, 2.05) is 26.0 Å². The molecular weight excluding hydrogens is 230 g/mol. The minimum atomic E-state index is -0.0151. The van der Waals surface area contributed by atoms with Gasteiger partial charge in [0.15, 0.2) is 0 Å². The van der Waals surface area contributed by atoms with Crippen LogP contribution in [0.1, 0.15) is 11.1 Å². The number of nitrogens with zero attached hydrogens (tertiary/aromatic N) is 1. The van der Waals surface area contributed by atoms with Crippen LogP contribution in [0.3, 0.4) is 0 Å². The highest BCUT2D eigenvalue weighted by Crippen LogP contribution is 2.24. The van der Waals surface area contributed by atoms with Crippen molar-refractivity contribution in [2.24, 2.45) is 0 Å². The number of carbonyl (C=O) groups excluding carboxylic acids is 1. The van der Waals surface area contributed by atoms with E-state index in [1.54, 1.807) is 4.90 Å². The monoisotopic (exact) mass is 249 g/mol. The van der Waals surface area contributed by atoms with E-state index >= 15 is 0 Å². The number of nitrogens with one attached hydrogen (secondary N) is 1. The number of nitrogen functional groups attached to an aromatic ring is 1. The lowest BCUT2D eigenvalue weighted by Gasteiger charge is -2.16. The minimum Gasteiger partial charge on any atom is -0.491 e. The molecule has 1 fully saturated rings. The molecule has 1 aromatic carbocycles. The highest BCUT2D eigenvalue weighted by atomic mass is 16.5. The van der Waals surface area contributed by atoms with Crippen molar-refractivity contribution in [2.45, 2.75) is 13.8 Å². The van der Waals surface area contributed by atoms with Crippen LogP contribution in [-0.2, 0) is 0 Å². The van der Waals surface area contributed by atoms with Gasteiger partial charge in [0, 0.05) is 24.8 Å². The van der Waals surface area contributed by atoms with Crippen molar-refractivity contribution < 1.29 is 9.53 Å². The summed E-state index contributed by atoms with van der Waals surface area (Å²) >= 11 is 0. The fraction of sp³-hybridized carbons (Fsp3) is 0.462. The summed E-state index contributed by atoms with van der Waals surface area (Å²) in [7, 11) is 0. The molecule has 0 spiro atoms. The van der Waals surface area contributed by atoms with Crippen molar-refractivity contribution in [3.05, 3.63) is 23.3 Å². The number of ether oxygens (including phenoxy) is 1. The van der Waals surface area contributed by atoms with Crippen LogP contribution in [0.15, 0.2) is 12.1 Å². The number of hydrogen-bond donors (Lipinski definition) is 2. The summed E-state index contributed by atoms with van der Waals surface area (Å²) in [5, 5.41) is 2.76. The van der Waals surface area contributed by atoms with Gasteiger partial charge in [-0.25, -0.2) is 4.79 Å². The molecule has 1 saturated heterocycles. The molecular formula is C13H19N3O2. The van der Waals surface area contributed by atoms with Crippen molar-refractivity contribution in [3.8, 4) is 5.75 Å². The van der Waals surface area contributed by atoms with E-state index in [9.17, 15) is 4.79 Å². The zero-order valence-corrected chi connectivity index (χ0v) is 10.8. The Morgan fingerprint density at radius 1 is 1.39 bits per heavy atom. The molecule has 2 amide bonds. The van der Waals surface area contributed by atoms with Crippen LogP contribution in [-0.4, -0.2) is 37.2 Å². The SMILES string of the molecule is Cc1cc(C)c(OCCN2CCNC2=O)cc1N. The number of amides is 2. The number of anilines is 1. The summed E-state index contributed by atoms with van der Waals surface area (Å²) in [6.45, 7) is 6.51. The van der Waals surface area contributed by atoms with Crippen LogP contribution in [0.5, 0.6) is 5.75 Å². The van der Waals surface area contributed by atoms with Crippen LogP contribution in [0.25, 0.3) is 0 Å². The van der Waals surface area contributed by atoms with Crippen molar-refractivity contribution in [1.29, 1.82) is 0 Å². The molecule has 98 valence electrons. The molecule has 1 aromatic rings. The Morgan fingerprint density at radius 2 is 2.17 bits per heavy atom. The molecule has 3 N–H and O–H groups in total. The molecule has 0 unspecified atom stereocenters. The molecule has 0 aliphatic carbocycles. The zero-order valence-electron chi connectivity index (χ0n) is 10.8. The van der Waals surface area contributed by atoms with Gasteiger partial charge in [0.2, 0.25) is 0 Å². The molecule has 1 aliphatic rings. The third kappa shape index (κ3) is 2.67. The summed E-state index contributed by atoms with van der Waals surface area (Å²) in [5.41, 5.74) is 8.70. The number of aryl methyl sites for hydroxylation is 2. The van der Waals surface area contributed by atoms with E-state index in [4.69, 9.17) is 10.5 Å². The molecule has 0 radical (unpaired) electrons. The number of benzene rings is 1. The highest BCUT2D eigenvalue weighted by molar-refractivity contribution is 5.76. The molecule has 18 heavy (non-hydrogen) atoms. The topological polar surface area (TPSA) is 67.6 Å². The van der Waals surface area contributed by atoms with E-state index in [1.165, 1.54) is 0 Å². The Bertz CT molecular complexity index is 460. The Labute approximate surface area is 107 Å². The first-order valence-electron chi connectivity index (χ1n) is 6.10. The molecule has 0 saturated carbocycles. The first-order chi connectivity index (χ1) is 8.58. The van der Waals surface area contributed by atoms with E-state index in [2.05, 4.69) is 5.32 Å². The fourth-order valence-corrected chi connectivity index (χ4v) is 1.99. The maximum absolute atomic E-state index is 11.3. The maximum atomic E-state index is 11.3. The third-order valence-electron chi connectivity index (χ3n) is 3.13.